The molecule has 0 fully saturated rings. The third-order valence-electron chi connectivity index (χ3n) is 8.48. The van der Waals surface area contributed by atoms with Gasteiger partial charge in [0.15, 0.2) is 9.84 Å². The molecule has 0 bridgehead atoms. The molecule has 3 aromatic carbocycles. The Kier molecular flexibility index (Phi) is 12.7. The van der Waals surface area contributed by atoms with Crippen LogP contribution in [0.25, 0.3) is 11.0 Å². The fourth-order valence-corrected chi connectivity index (χ4v) is 7.11. The molecular formula is C36H36Cl2N2O12S. The molecule has 53 heavy (non-hydrogen) atoms. The van der Waals surface area contributed by atoms with Gasteiger partial charge in [0.2, 0.25) is 6.29 Å². The van der Waals surface area contributed by atoms with E-state index in [0.29, 0.717) is 34.3 Å². The van der Waals surface area contributed by atoms with Gasteiger partial charge in [0, 0.05) is 49.6 Å². The highest BCUT2D eigenvalue weighted by Gasteiger charge is 2.32. The first-order chi connectivity index (χ1) is 25.2. The van der Waals surface area contributed by atoms with E-state index in [2.05, 4.69) is 5.32 Å². The predicted molar refractivity (Wildman–Crippen MR) is 191 cm³/mol. The van der Waals surface area contributed by atoms with Crippen LogP contribution in [0.15, 0.2) is 70.2 Å². The van der Waals surface area contributed by atoms with E-state index in [1.54, 1.807) is 41.5 Å². The third-order valence-corrected chi connectivity index (χ3v) is 10.3. The minimum Gasteiger partial charge on any atom is -0.464 e. The minimum atomic E-state index is -3.62. The molecule has 1 aromatic heterocycles. The van der Waals surface area contributed by atoms with Crippen molar-refractivity contribution in [3.05, 3.63) is 98.7 Å². The molecule has 5 rings (SSSR count). The Hall–Kier alpha value is -4.67. The zero-order chi connectivity index (χ0) is 38.4. The number of esters is 1. The van der Waals surface area contributed by atoms with Gasteiger partial charge in [-0.15, -0.1) is 0 Å². The lowest BCUT2D eigenvalue weighted by Gasteiger charge is -2.30. The van der Waals surface area contributed by atoms with Crippen molar-refractivity contribution in [2.45, 2.75) is 43.5 Å². The number of hydrogen-bond acceptors (Lipinski definition) is 12. The highest BCUT2D eigenvalue weighted by Crippen LogP contribution is 2.35. The van der Waals surface area contributed by atoms with Gasteiger partial charge in [-0.05, 0) is 59.5 Å². The van der Waals surface area contributed by atoms with Crippen molar-refractivity contribution < 1.29 is 56.4 Å². The summed E-state index contributed by atoms with van der Waals surface area (Å²) in [4.78, 5) is 54.4. The summed E-state index contributed by atoms with van der Waals surface area (Å²) in [7, 11) is -3.62. The van der Waals surface area contributed by atoms with Crippen molar-refractivity contribution in [2.75, 3.05) is 32.6 Å². The second-order valence-electron chi connectivity index (χ2n) is 12.4. The second-order valence-corrected chi connectivity index (χ2v) is 15.2. The van der Waals surface area contributed by atoms with Crippen LogP contribution in [0.4, 0.5) is 4.79 Å². The molecule has 2 atom stereocenters. The molecule has 0 saturated heterocycles. The number of amides is 2. The summed E-state index contributed by atoms with van der Waals surface area (Å²) in [6, 6.07) is 12.8. The number of fused-ring (bicyclic) bond motifs is 2. The van der Waals surface area contributed by atoms with Crippen molar-refractivity contribution in [1.29, 1.82) is 0 Å². The van der Waals surface area contributed by atoms with Crippen LogP contribution in [0.1, 0.15) is 44.3 Å². The molecule has 0 saturated carbocycles. The SMILES string of the molecule is CC(OC(=O)OCC(CO)CO)OC(=O)C(Cc1cccc(S(C)(=O)=O)c1)NC(=O)c1c(Cl)cc2c(c1Cl)CCN(C(=O)c1ccc3ccoc3c1)C2. The number of sulfone groups is 1. The standard InChI is InChI=1S/C36H36Cl2N2O12S/c1-20(52-36(46)50-19-22(17-41)18-42)51-35(45)29(13-21-4-3-5-26(12-21)53(2,47)48)39-33(43)31-28(37)14-25-16-40(10-8-27(25)32(31)38)34(44)24-7-6-23-9-11-49-30(23)15-24/h3-7,9,11-12,14-15,20,22,29,41-42H,8,10,13,16-19H2,1-2H3,(H,39,43). The number of rotatable bonds is 13. The number of carbonyl (C=O) groups excluding carboxylic acids is 4. The molecule has 2 unspecified atom stereocenters. The van der Waals surface area contributed by atoms with Crippen molar-refractivity contribution >= 4 is 67.9 Å². The van der Waals surface area contributed by atoms with Crippen molar-refractivity contribution in [2.24, 2.45) is 5.92 Å². The molecule has 4 aromatic rings. The smallest absolute Gasteiger partial charge is 0.464 e. The van der Waals surface area contributed by atoms with Crippen molar-refractivity contribution in [3.63, 3.8) is 0 Å². The first-order valence-corrected chi connectivity index (χ1v) is 18.9. The van der Waals surface area contributed by atoms with E-state index in [9.17, 15) is 27.6 Å². The number of benzene rings is 3. The lowest BCUT2D eigenvalue weighted by molar-refractivity contribution is -0.170. The molecule has 282 valence electrons. The van der Waals surface area contributed by atoms with Crippen LogP contribution in [-0.2, 0) is 48.2 Å². The number of ether oxygens (including phenoxy) is 3. The second kappa shape index (κ2) is 17.0. The summed E-state index contributed by atoms with van der Waals surface area (Å²) < 4.78 is 44.9. The number of aliphatic hydroxyl groups is 2. The summed E-state index contributed by atoms with van der Waals surface area (Å²) in [6.45, 7) is 0.418. The van der Waals surface area contributed by atoms with Gasteiger partial charge in [-0.3, -0.25) is 9.59 Å². The van der Waals surface area contributed by atoms with E-state index in [1.807, 2.05) is 0 Å². The van der Waals surface area contributed by atoms with E-state index in [-0.39, 0.29) is 52.5 Å². The van der Waals surface area contributed by atoms with Gasteiger partial charge in [-0.25, -0.2) is 18.0 Å². The van der Waals surface area contributed by atoms with Crippen LogP contribution in [0.3, 0.4) is 0 Å². The molecular weight excluding hydrogens is 755 g/mol. The van der Waals surface area contributed by atoms with Gasteiger partial charge in [0.1, 0.15) is 18.2 Å². The lowest BCUT2D eigenvalue weighted by atomic mass is 9.95. The fourth-order valence-electron chi connectivity index (χ4n) is 5.65. The summed E-state index contributed by atoms with van der Waals surface area (Å²) in [6.07, 6.45) is -0.143. The maximum Gasteiger partial charge on any atom is 0.511 e. The van der Waals surface area contributed by atoms with Crippen LogP contribution < -0.4 is 5.32 Å². The highest BCUT2D eigenvalue weighted by molar-refractivity contribution is 7.90. The van der Waals surface area contributed by atoms with Crippen LogP contribution in [0.5, 0.6) is 0 Å². The van der Waals surface area contributed by atoms with Gasteiger partial charge in [-0.1, -0.05) is 41.4 Å². The highest BCUT2D eigenvalue weighted by atomic mass is 35.5. The lowest BCUT2D eigenvalue weighted by Crippen LogP contribution is -2.45. The van der Waals surface area contributed by atoms with Crippen LogP contribution in [0, 0.1) is 5.92 Å². The summed E-state index contributed by atoms with van der Waals surface area (Å²) in [5.74, 6) is -2.87. The Balaban J connectivity index is 1.34. The van der Waals surface area contributed by atoms with Gasteiger partial charge in [-0.2, -0.15) is 0 Å². The minimum absolute atomic E-state index is 0.0215. The molecule has 0 radical (unpaired) electrons. The maximum absolute atomic E-state index is 13.8. The van der Waals surface area contributed by atoms with Gasteiger partial charge in [0.25, 0.3) is 11.8 Å². The topological polar surface area (TPSA) is 199 Å². The van der Waals surface area contributed by atoms with Crippen molar-refractivity contribution in [1.82, 2.24) is 10.2 Å². The van der Waals surface area contributed by atoms with Crippen LogP contribution in [-0.4, -0.2) is 92.4 Å². The molecule has 1 aliphatic rings. The normalized spacial score (nSPS) is 14.0. The number of hydrogen-bond donors (Lipinski definition) is 3. The number of nitrogens with one attached hydrogen (secondary N) is 1. The maximum atomic E-state index is 13.8. The zero-order valence-corrected chi connectivity index (χ0v) is 30.9. The van der Waals surface area contributed by atoms with Gasteiger partial charge >= 0.3 is 12.1 Å². The van der Waals surface area contributed by atoms with Crippen LogP contribution >= 0.6 is 23.2 Å². The van der Waals surface area contributed by atoms with Crippen LogP contribution in [0.2, 0.25) is 10.0 Å². The molecule has 1 aliphatic heterocycles. The number of halogens is 2. The summed E-state index contributed by atoms with van der Waals surface area (Å²) in [5.41, 5.74) is 2.46. The Bertz CT molecular complexity index is 2130. The van der Waals surface area contributed by atoms with Gasteiger partial charge < -0.3 is 39.1 Å². The molecule has 0 aliphatic carbocycles. The van der Waals surface area contributed by atoms with E-state index in [1.165, 1.54) is 31.2 Å². The predicted octanol–water partition coefficient (Wildman–Crippen LogP) is 4.33. The number of furan rings is 1. The average Bonchev–Trinajstić information content (AvgIpc) is 3.59. The summed E-state index contributed by atoms with van der Waals surface area (Å²) >= 11 is 13.4. The third kappa shape index (κ3) is 9.66. The molecule has 14 nitrogen and oxygen atoms in total. The van der Waals surface area contributed by atoms with E-state index in [0.717, 1.165) is 11.6 Å². The Morgan fingerprint density at radius 1 is 1.02 bits per heavy atom. The Morgan fingerprint density at radius 2 is 1.77 bits per heavy atom. The number of carbonyl (C=O) groups is 4. The molecule has 0 spiro atoms. The molecule has 2 heterocycles. The fraction of sp³-hybridized carbons (Fsp3) is 0.333. The van der Waals surface area contributed by atoms with Gasteiger partial charge in [0.05, 0.1) is 40.0 Å². The molecule has 17 heteroatoms. The number of nitrogens with zero attached hydrogens (tertiary/aromatic N) is 1. The zero-order valence-electron chi connectivity index (χ0n) is 28.5. The molecule has 3 N–H and O–H groups in total. The first kappa shape index (κ1) is 39.5. The largest absolute Gasteiger partial charge is 0.511 e. The van der Waals surface area contributed by atoms with E-state index in [4.69, 9.17) is 52.0 Å². The average molecular weight is 792 g/mol. The quantitative estimate of drug-likeness (QED) is 0.128. The Morgan fingerprint density at radius 3 is 2.49 bits per heavy atom. The number of aliphatic hydroxyl groups excluding tert-OH is 2. The monoisotopic (exact) mass is 790 g/mol. The molecule has 2 amide bonds. The first-order valence-electron chi connectivity index (χ1n) is 16.3. The van der Waals surface area contributed by atoms with E-state index >= 15 is 0 Å². The van der Waals surface area contributed by atoms with E-state index < -0.39 is 59.3 Å². The summed E-state index contributed by atoms with van der Waals surface area (Å²) in [5, 5.41) is 21.7. The Labute approximate surface area is 314 Å². The van der Waals surface area contributed by atoms with Crippen molar-refractivity contribution in [3.8, 4) is 0 Å².